The van der Waals surface area contributed by atoms with Crippen LogP contribution in [0.1, 0.15) is 25.3 Å². The number of benzene rings is 1. The van der Waals surface area contributed by atoms with Gasteiger partial charge >= 0.3 is 11.2 Å². The molecule has 0 aliphatic heterocycles. The highest BCUT2D eigenvalue weighted by molar-refractivity contribution is 6.29. The Hall–Kier alpha value is -2.40. The number of hydrogen-bond donors (Lipinski definition) is 0. The molecule has 0 bridgehead atoms. The lowest BCUT2D eigenvalue weighted by Gasteiger charge is -2.16. The van der Waals surface area contributed by atoms with Gasteiger partial charge in [-0.2, -0.15) is 0 Å². The van der Waals surface area contributed by atoms with Crippen molar-refractivity contribution in [2.45, 2.75) is 26.2 Å². The Morgan fingerprint density at radius 2 is 1.96 bits per heavy atom. The summed E-state index contributed by atoms with van der Waals surface area (Å²) in [7, 11) is 0. The fourth-order valence-electron chi connectivity index (χ4n) is 2.57. The number of aromatic nitrogens is 3. The molecule has 1 aromatic carbocycles. The third kappa shape index (κ3) is 2.80. The number of unbranched alkanes of at least 4 members (excludes halogenated alkanes) is 1. The zero-order valence-electron chi connectivity index (χ0n) is 12.7. The summed E-state index contributed by atoms with van der Waals surface area (Å²) in [5, 5.41) is 17.2. The largest absolute Gasteiger partial charge is 0.842 e. The van der Waals surface area contributed by atoms with Gasteiger partial charge in [-0.25, -0.2) is 9.36 Å². The van der Waals surface area contributed by atoms with Gasteiger partial charge in [0, 0.05) is 6.07 Å². The Balaban J connectivity index is 2.39. The molecule has 0 N–H and O–H groups in total. The van der Waals surface area contributed by atoms with Gasteiger partial charge in [0.25, 0.3) is 0 Å². The van der Waals surface area contributed by atoms with Crippen molar-refractivity contribution in [2.24, 2.45) is 0 Å². The lowest BCUT2D eigenvalue weighted by atomic mass is 10.1. The van der Waals surface area contributed by atoms with Gasteiger partial charge in [-0.1, -0.05) is 52.8 Å². The van der Waals surface area contributed by atoms with Gasteiger partial charge in [-0.3, -0.25) is 0 Å². The molecule has 0 amide bonds. The minimum absolute atomic E-state index is 0.208. The summed E-state index contributed by atoms with van der Waals surface area (Å²) in [6, 6.07) is 12.4. The first-order valence-corrected chi connectivity index (χ1v) is 7.90. The van der Waals surface area contributed by atoms with Crippen LogP contribution in [0.2, 0.25) is 5.15 Å². The van der Waals surface area contributed by atoms with Gasteiger partial charge in [-0.05, 0) is 31.0 Å². The minimum Gasteiger partial charge on any atom is -0.842 e. The second-order valence-corrected chi connectivity index (χ2v) is 5.68. The molecule has 2 aromatic heterocycles. The molecule has 2 heterocycles. The maximum absolute atomic E-state index is 12.9. The Labute approximate surface area is 138 Å². The summed E-state index contributed by atoms with van der Waals surface area (Å²) in [5.74, 6) is -0.293. The van der Waals surface area contributed by atoms with E-state index >= 15 is 0 Å². The van der Waals surface area contributed by atoms with E-state index < -0.39 is 5.56 Å². The summed E-state index contributed by atoms with van der Waals surface area (Å²) in [6.07, 6.45) is 2.10. The van der Waals surface area contributed by atoms with E-state index in [0.717, 1.165) is 12.8 Å². The SMILES string of the molecule is CCCCc1c([O-])[n+](-c2ccccc2)c2ccc(Cl)nn2c1=O. The van der Waals surface area contributed by atoms with E-state index in [1.54, 1.807) is 12.1 Å². The molecule has 0 aliphatic rings. The molecule has 6 heteroatoms. The average molecular weight is 330 g/mol. The van der Waals surface area contributed by atoms with Crippen LogP contribution in [0.5, 0.6) is 5.88 Å². The monoisotopic (exact) mass is 329 g/mol. The van der Waals surface area contributed by atoms with Gasteiger partial charge in [-0.15, -0.1) is 0 Å². The predicted octanol–water partition coefficient (Wildman–Crippen LogP) is 2.04. The molecule has 5 nitrogen and oxygen atoms in total. The van der Waals surface area contributed by atoms with Crippen LogP contribution in [0, 0.1) is 0 Å². The van der Waals surface area contributed by atoms with E-state index in [1.807, 2.05) is 37.3 Å². The third-order valence-corrected chi connectivity index (χ3v) is 3.92. The summed E-state index contributed by atoms with van der Waals surface area (Å²) in [4.78, 5) is 12.6. The van der Waals surface area contributed by atoms with Crippen molar-refractivity contribution < 1.29 is 9.67 Å². The van der Waals surface area contributed by atoms with Crippen LogP contribution in [0.3, 0.4) is 0 Å². The first kappa shape index (κ1) is 15.5. The fraction of sp³-hybridized carbons (Fsp3) is 0.235. The lowest BCUT2D eigenvalue weighted by molar-refractivity contribution is -0.632. The van der Waals surface area contributed by atoms with E-state index in [-0.39, 0.29) is 16.6 Å². The van der Waals surface area contributed by atoms with E-state index in [4.69, 9.17) is 11.6 Å². The topological polar surface area (TPSA) is 61.3 Å². The molecule has 0 fully saturated rings. The molecule has 0 unspecified atom stereocenters. The van der Waals surface area contributed by atoms with Crippen molar-refractivity contribution in [1.29, 1.82) is 0 Å². The minimum atomic E-state index is -0.395. The molecule has 118 valence electrons. The Morgan fingerprint density at radius 3 is 2.65 bits per heavy atom. The maximum atomic E-state index is 12.9. The Morgan fingerprint density at radius 1 is 1.22 bits per heavy atom. The number of halogens is 1. The van der Waals surface area contributed by atoms with E-state index in [2.05, 4.69) is 5.10 Å². The molecular formula is C17H16ClN3O2. The van der Waals surface area contributed by atoms with E-state index in [0.29, 0.717) is 17.8 Å². The van der Waals surface area contributed by atoms with Crippen molar-refractivity contribution in [3.05, 3.63) is 63.5 Å². The quantitative estimate of drug-likeness (QED) is 0.688. The number of nitrogens with zero attached hydrogens (tertiary/aromatic N) is 3. The van der Waals surface area contributed by atoms with Crippen LogP contribution in [0.4, 0.5) is 0 Å². The fourth-order valence-corrected chi connectivity index (χ4v) is 2.70. The second-order valence-electron chi connectivity index (χ2n) is 5.29. The Kier molecular flexibility index (Phi) is 4.30. The second kappa shape index (κ2) is 6.38. The van der Waals surface area contributed by atoms with Crippen LogP contribution in [0.15, 0.2) is 47.3 Å². The van der Waals surface area contributed by atoms with Crippen molar-refractivity contribution >= 4 is 17.2 Å². The smallest absolute Gasteiger partial charge is 0.365 e. The van der Waals surface area contributed by atoms with Crippen molar-refractivity contribution in [1.82, 2.24) is 9.61 Å². The molecular weight excluding hydrogens is 314 g/mol. The number of rotatable bonds is 4. The summed E-state index contributed by atoms with van der Waals surface area (Å²) >= 11 is 5.93. The zero-order valence-corrected chi connectivity index (χ0v) is 13.5. The maximum Gasteiger partial charge on any atom is 0.365 e. The van der Waals surface area contributed by atoms with Crippen LogP contribution < -0.4 is 15.2 Å². The number of para-hydroxylation sites is 1. The highest BCUT2D eigenvalue weighted by atomic mass is 35.5. The first-order chi connectivity index (χ1) is 11.1. The van der Waals surface area contributed by atoms with Gasteiger partial charge < -0.3 is 5.11 Å². The molecule has 0 radical (unpaired) electrons. The normalized spacial score (nSPS) is 11.0. The molecule has 23 heavy (non-hydrogen) atoms. The molecule has 3 aromatic rings. The standard InChI is InChI=1S/C17H16ClN3O2/c1-2-3-9-13-16(22)20(12-7-5-4-6-8-12)15-11-10-14(18)19-21(15)17(13)23/h4-8,10-11H,2-3,9H2,1H3. The van der Waals surface area contributed by atoms with Gasteiger partial charge in [0.1, 0.15) is 5.69 Å². The zero-order chi connectivity index (χ0) is 16.4. The highest BCUT2D eigenvalue weighted by Gasteiger charge is 2.21. The van der Waals surface area contributed by atoms with Crippen LogP contribution in [-0.4, -0.2) is 9.61 Å². The van der Waals surface area contributed by atoms with E-state index in [1.165, 1.54) is 9.08 Å². The van der Waals surface area contributed by atoms with Crippen molar-refractivity contribution in [3.8, 4) is 11.6 Å². The van der Waals surface area contributed by atoms with Crippen molar-refractivity contribution in [3.63, 3.8) is 0 Å². The van der Waals surface area contributed by atoms with Crippen LogP contribution >= 0.6 is 11.6 Å². The first-order valence-electron chi connectivity index (χ1n) is 7.52. The third-order valence-electron chi connectivity index (χ3n) is 3.72. The van der Waals surface area contributed by atoms with Gasteiger partial charge in [0.2, 0.25) is 0 Å². The molecule has 0 aliphatic carbocycles. The predicted molar refractivity (Wildman–Crippen MR) is 86.1 cm³/mol. The highest BCUT2D eigenvalue weighted by Crippen LogP contribution is 2.14. The number of fused-ring (bicyclic) bond motifs is 1. The number of hydrogen-bond acceptors (Lipinski definition) is 3. The lowest BCUT2D eigenvalue weighted by Crippen LogP contribution is -2.43. The summed E-state index contributed by atoms with van der Waals surface area (Å²) in [5.41, 5.74) is 0.934. The van der Waals surface area contributed by atoms with E-state index in [9.17, 15) is 9.90 Å². The average Bonchev–Trinajstić information content (AvgIpc) is 2.56. The van der Waals surface area contributed by atoms with Crippen LogP contribution in [0.25, 0.3) is 11.3 Å². The molecule has 0 spiro atoms. The van der Waals surface area contributed by atoms with Crippen molar-refractivity contribution in [2.75, 3.05) is 0 Å². The van der Waals surface area contributed by atoms with Crippen LogP contribution in [-0.2, 0) is 6.42 Å². The summed E-state index contributed by atoms with van der Waals surface area (Å²) in [6.45, 7) is 2.02. The summed E-state index contributed by atoms with van der Waals surface area (Å²) < 4.78 is 2.72. The molecule has 0 saturated heterocycles. The molecule has 3 rings (SSSR count). The molecule has 0 atom stereocenters. The van der Waals surface area contributed by atoms with Gasteiger partial charge in [0.05, 0.1) is 11.4 Å². The Bertz CT molecular complexity index is 907. The molecule has 0 saturated carbocycles. The van der Waals surface area contributed by atoms with Gasteiger partial charge in [0.15, 0.2) is 5.15 Å².